The van der Waals surface area contributed by atoms with Gasteiger partial charge < -0.3 is 9.47 Å². The number of methoxy groups -OCH3 is 1. The summed E-state index contributed by atoms with van der Waals surface area (Å²) in [7, 11) is 3.00. The van der Waals surface area contributed by atoms with Crippen LogP contribution in [0.5, 0.6) is 0 Å². The first-order chi connectivity index (χ1) is 10.2. The van der Waals surface area contributed by atoms with Crippen LogP contribution in [0.15, 0.2) is 36.5 Å². The molecular weight excluding hydrogens is 282 g/mol. The number of carbonyl (C=O) groups excluding carboxylic acids is 2. The van der Waals surface area contributed by atoms with Gasteiger partial charge >= 0.3 is 12.1 Å². The van der Waals surface area contributed by atoms with Gasteiger partial charge in [-0.3, -0.25) is 4.90 Å². The third-order valence-corrected chi connectivity index (χ3v) is 2.74. The van der Waals surface area contributed by atoms with Crippen molar-refractivity contribution in [1.82, 2.24) is 4.90 Å². The van der Waals surface area contributed by atoms with Gasteiger partial charge in [-0.25, -0.2) is 9.59 Å². The summed E-state index contributed by atoms with van der Waals surface area (Å²) in [4.78, 5) is 24.5. The van der Waals surface area contributed by atoms with Gasteiger partial charge in [-0.1, -0.05) is 18.2 Å². The van der Waals surface area contributed by atoms with E-state index in [0.717, 1.165) is 5.56 Å². The maximum atomic E-state index is 11.8. The van der Waals surface area contributed by atoms with E-state index in [1.807, 2.05) is 39.0 Å². The average Bonchev–Trinajstić information content (AvgIpc) is 2.45. The minimum absolute atomic E-state index is 0.355. The van der Waals surface area contributed by atoms with Gasteiger partial charge in [-0.05, 0) is 44.9 Å². The van der Waals surface area contributed by atoms with Crippen LogP contribution in [-0.2, 0) is 15.9 Å². The van der Waals surface area contributed by atoms with Crippen LogP contribution < -0.4 is 0 Å². The predicted molar refractivity (Wildman–Crippen MR) is 84.6 cm³/mol. The fourth-order valence-corrected chi connectivity index (χ4v) is 1.64. The quantitative estimate of drug-likeness (QED) is 0.800. The van der Waals surface area contributed by atoms with Gasteiger partial charge in [-0.2, -0.15) is 0 Å². The number of ether oxygens (including phenoxy) is 2. The van der Waals surface area contributed by atoms with Gasteiger partial charge in [0.1, 0.15) is 5.60 Å². The molecule has 0 atom stereocenters. The average molecular weight is 305 g/mol. The van der Waals surface area contributed by atoms with E-state index < -0.39 is 11.7 Å². The lowest BCUT2D eigenvalue weighted by Crippen LogP contribution is -2.31. The molecule has 0 aliphatic heterocycles. The molecule has 0 fully saturated rings. The highest BCUT2D eigenvalue weighted by atomic mass is 16.6. The zero-order valence-corrected chi connectivity index (χ0v) is 13.8. The van der Waals surface area contributed by atoms with Crippen molar-refractivity contribution in [2.24, 2.45) is 0 Å². The second-order valence-electron chi connectivity index (χ2n) is 5.87. The van der Waals surface area contributed by atoms with Crippen molar-refractivity contribution < 1.29 is 19.1 Å². The Balaban J connectivity index is 2.55. The molecule has 22 heavy (non-hydrogen) atoms. The van der Waals surface area contributed by atoms with Gasteiger partial charge in [0.2, 0.25) is 0 Å². The van der Waals surface area contributed by atoms with Crippen molar-refractivity contribution in [2.45, 2.75) is 32.8 Å². The van der Waals surface area contributed by atoms with Crippen LogP contribution >= 0.6 is 0 Å². The van der Waals surface area contributed by atoms with Gasteiger partial charge in [0, 0.05) is 13.2 Å². The van der Waals surface area contributed by atoms with E-state index in [4.69, 9.17) is 4.74 Å². The Kier molecular flexibility index (Phi) is 6.16. The van der Waals surface area contributed by atoms with Gasteiger partial charge in [-0.15, -0.1) is 0 Å². The maximum Gasteiger partial charge on any atom is 0.414 e. The molecule has 1 aromatic rings. The number of hydrogen-bond acceptors (Lipinski definition) is 4. The highest BCUT2D eigenvalue weighted by Crippen LogP contribution is 2.10. The molecule has 0 radical (unpaired) electrons. The van der Waals surface area contributed by atoms with E-state index in [0.29, 0.717) is 12.0 Å². The first-order valence-electron chi connectivity index (χ1n) is 7.02. The molecule has 0 saturated heterocycles. The zero-order chi connectivity index (χ0) is 16.8. The molecule has 0 heterocycles. The van der Waals surface area contributed by atoms with E-state index in [1.54, 1.807) is 25.4 Å². The standard InChI is InChI=1S/C17H23NO4/c1-17(2,3)22-16(20)18(4)12-6-7-13-8-10-14(11-9-13)15(19)21-5/h6,8-12H,7H2,1-5H3/b12-6+. The molecule has 5 heteroatoms. The first-order valence-corrected chi connectivity index (χ1v) is 7.02. The van der Waals surface area contributed by atoms with E-state index in [1.165, 1.54) is 12.0 Å². The highest BCUT2D eigenvalue weighted by molar-refractivity contribution is 5.89. The van der Waals surface area contributed by atoms with Crippen LogP contribution in [0.3, 0.4) is 0 Å². The Labute approximate surface area is 131 Å². The summed E-state index contributed by atoms with van der Waals surface area (Å²) in [5, 5.41) is 0. The lowest BCUT2D eigenvalue weighted by Gasteiger charge is -2.22. The lowest BCUT2D eigenvalue weighted by molar-refractivity contribution is 0.0371. The monoisotopic (exact) mass is 305 g/mol. The van der Waals surface area contributed by atoms with Gasteiger partial charge in [0.15, 0.2) is 0 Å². The second-order valence-corrected chi connectivity index (χ2v) is 5.87. The summed E-state index contributed by atoms with van der Waals surface area (Å²) in [6, 6.07) is 7.13. The normalized spacial score (nSPS) is 11.3. The van der Waals surface area contributed by atoms with E-state index in [2.05, 4.69) is 4.74 Å². The Morgan fingerprint density at radius 2 is 1.77 bits per heavy atom. The van der Waals surface area contributed by atoms with Crippen molar-refractivity contribution in [2.75, 3.05) is 14.2 Å². The Morgan fingerprint density at radius 3 is 2.27 bits per heavy atom. The third kappa shape index (κ3) is 5.99. The molecule has 0 saturated carbocycles. The molecule has 1 amide bonds. The number of esters is 1. The van der Waals surface area contributed by atoms with Crippen LogP contribution in [0, 0.1) is 0 Å². The molecule has 0 bridgehead atoms. The molecular formula is C17H23NO4. The van der Waals surface area contributed by atoms with Crippen molar-refractivity contribution in [3.63, 3.8) is 0 Å². The van der Waals surface area contributed by atoms with Crippen LogP contribution in [-0.4, -0.2) is 36.7 Å². The molecule has 5 nitrogen and oxygen atoms in total. The van der Waals surface area contributed by atoms with E-state index >= 15 is 0 Å². The van der Waals surface area contributed by atoms with Gasteiger partial charge in [0.05, 0.1) is 12.7 Å². The summed E-state index contributed by atoms with van der Waals surface area (Å²) in [5.74, 6) is -0.355. The zero-order valence-electron chi connectivity index (χ0n) is 13.8. The Morgan fingerprint density at radius 1 is 1.18 bits per heavy atom. The molecule has 1 rings (SSSR count). The summed E-state index contributed by atoms with van der Waals surface area (Å²) in [6.07, 6.45) is 3.78. The number of amides is 1. The molecule has 0 unspecified atom stereocenters. The fourth-order valence-electron chi connectivity index (χ4n) is 1.64. The molecule has 0 aliphatic rings. The number of benzene rings is 1. The van der Waals surface area contributed by atoms with Crippen LogP contribution in [0.2, 0.25) is 0 Å². The van der Waals surface area contributed by atoms with E-state index in [9.17, 15) is 9.59 Å². The fraction of sp³-hybridized carbons (Fsp3) is 0.412. The van der Waals surface area contributed by atoms with Crippen molar-refractivity contribution in [1.29, 1.82) is 0 Å². The molecule has 0 N–H and O–H groups in total. The number of nitrogens with zero attached hydrogens (tertiary/aromatic N) is 1. The molecule has 0 aliphatic carbocycles. The third-order valence-electron chi connectivity index (χ3n) is 2.74. The Bertz CT molecular complexity index is 541. The number of rotatable bonds is 4. The first kappa shape index (κ1) is 17.8. The molecule has 0 spiro atoms. The van der Waals surface area contributed by atoms with Crippen molar-refractivity contribution in [3.05, 3.63) is 47.7 Å². The summed E-state index contributed by atoms with van der Waals surface area (Å²) < 4.78 is 9.88. The minimum Gasteiger partial charge on any atom is -0.465 e. The largest absolute Gasteiger partial charge is 0.465 e. The van der Waals surface area contributed by atoms with Crippen molar-refractivity contribution in [3.8, 4) is 0 Å². The van der Waals surface area contributed by atoms with Gasteiger partial charge in [0.25, 0.3) is 0 Å². The number of allylic oxidation sites excluding steroid dienone is 1. The Hall–Kier alpha value is -2.30. The van der Waals surface area contributed by atoms with Crippen LogP contribution in [0.1, 0.15) is 36.7 Å². The second kappa shape index (κ2) is 7.64. The smallest absolute Gasteiger partial charge is 0.414 e. The maximum absolute atomic E-state index is 11.8. The SMILES string of the molecule is COC(=O)c1ccc(C/C=C/N(C)C(=O)OC(C)(C)C)cc1. The summed E-state index contributed by atoms with van der Waals surface area (Å²) >= 11 is 0. The summed E-state index contributed by atoms with van der Waals surface area (Å²) in [5.41, 5.74) is 1.03. The number of carbonyl (C=O) groups is 2. The minimum atomic E-state index is -0.511. The van der Waals surface area contributed by atoms with Crippen LogP contribution in [0.4, 0.5) is 4.79 Å². The summed E-state index contributed by atoms with van der Waals surface area (Å²) in [6.45, 7) is 5.47. The van der Waals surface area contributed by atoms with Crippen molar-refractivity contribution >= 4 is 12.1 Å². The number of hydrogen-bond donors (Lipinski definition) is 0. The lowest BCUT2D eigenvalue weighted by atomic mass is 10.1. The van der Waals surface area contributed by atoms with Crippen LogP contribution in [0.25, 0.3) is 0 Å². The topological polar surface area (TPSA) is 55.8 Å². The molecule has 1 aromatic carbocycles. The highest BCUT2D eigenvalue weighted by Gasteiger charge is 2.18. The molecule has 120 valence electrons. The van der Waals surface area contributed by atoms with E-state index in [-0.39, 0.29) is 5.97 Å². The molecule has 0 aromatic heterocycles. The predicted octanol–water partition coefficient (Wildman–Crippen LogP) is 3.40.